The van der Waals surface area contributed by atoms with Crippen molar-refractivity contribution < 1.29 is 13.6 Å². The number of ketones is 1. The number of halogens is 2. The molecule has 25 heavy (non-hydrogen) atoms. The summed E-state index contributed by atoms with van der Waals surface area (Å²) in [6.07, 6.45) is 2.87. The highest BCUT2D eigenvalue weighted by Crippen LogP contribution is 2.17. The third kappa shape index (κ3) is 5.50. The normalized spacial score (nSPS) is 11.3. The van der Waals surface area contributed by atoms with Crippen molar-refractivity contribution in [3.63, 3.8) is 0 Å². The third-order valence-electron chi connectivity index (χ3n) is 3.81. The lowest BCUT2D eigenvalue weighted by molar-refractivity contribution is 0.104. The second-order valence-corrected chi connectivity index (χ2v) is 6.14. The Labute approximate surface area is 147 Å². The van der Waals surface area contributed by atoms with Crippen LogP contribution in [0.15, 0.2) is 48.5 Å². The van der Waals surface area contributed by atoms with Gasteiger partial charge in [-0.1, -0.05) is 18.2 Å². The van der Waals surface area contributed by atoms with Crippen LogP contribution in [0.4, 0.5) is 14.5 Å². The smallest absolute Gasteiger partial charge is 0.188 e. The molecule has 0 heterocycles. The molecule has 0 atom stereocenters. The lowest BCUT2D eigenvalue weighted by Gasteiger charge is -2.21. The minimum Gasteiger partial charge on any atom is -0.373 e. The zero-order chi connectivity index (χ0) is 18.4. The molecule has 0 bridgehead atoms. The molecular formula is C20H22F2N2O. The molecule has 2 aromatic rings. The Bertz CT molecular complexity index is 772. The van der Waals surface area contributed by atoms with Crippen LogP contribution in [0.2, 0.25) is 0 Å². The Morgan fingerprint density at radius 3 is 2.52 bits per heavy atom. The van der Waals surface area contributed by atoms with E-state index in [-0.39, 0.29) is 5.56 Å². The van der Waals surface area contributed by atoms with Crippen molar-refractivity contribution in [2.24, 2.45) is 0 Å². The summed E-state index contributed by atoms with van der Waals surface area (Å²) >= 11 is 0. The van der Waals surface area contributed by atoms with E-state index in [4.69, 9.17) is 0 Å². The van der Waals surface area contributed by atoms with Crippen LogP contribution in [-0.4, -0.2) is 44.9 Å². The van der Waals surface area contributed by atoms with E-state index in [1.54, 1.807) is 6.08 Å². The first-order chi connectivity index (χ1) is 11.9. The monoisotopic (exact) mass is 344 g/mol. The van der Waals surface area contributed by atoms with Gasteiger partial charge in [0.15, 0.2) is 5.78 Å². The number of hydrogen-bond acceptors (Lipinski definition) is 3. The number of nitrogens with zero attached hydrogens (tertiary/aromatic N) is 2. The number of benzene rings is 2. The van der Waals surface area contributed by atoms with Gasteiger partial charge in [0.05, 0.1) is 5.56 Å². The molecule has 132 valence electrons. The van der Waals surface area contributed by atoms with E-state index in [0.717, 1.165) is 42.5 Å². The number of rotatable bonds is 7. The van der Waals surface area contributed by atoms with Gasteiger partial charge >= 0.3 is 0 Å². The summed E-state index contributed by atoms with van der Waals surface area (Å²) in [5.41, 5.74) is 1.57. The first-order valence-corrected chi connectivity index (χ1v) is 8.00. The van der Waals surface area contributed by atoms with Crippen molar-refractivity contribution in [2.75, 3.05) is 39.1 Å². The fourth-order valence-corrected chi connectivity index (χ4v) is 2.29. The highest BCUT2D eigenvalue weighted by Gasteiger charge is 2.10. The van der Waals surface area contributed by atoms with Gasteiger partial charge < -0.3 is 9.80 Å². The van der Waals surface area contributed by atoms with Crippen LogP contribution >= 0.6 is 0 Å². The molecule has 0 N–H and O–H groups in total. The van der Waals surface area contributed by atoms with E-state index in [9.17, 15) is 13.6 Å². The number of likely N-dealkylation sites (N-methyl/N-ethyl adjacent to an activating group) is 2. The molecule has 5 heteroatoms. The molecule has 0 fully saturated rings. The quantitative estimate of drug-likeness (QED) is 0.563. The molecule has 0 aliphatic rings. The summed E-state index contributed by atoms with van der Waals surface area (Å²) in [6, 6.07) is 10.5. The Balaban J connectivity index is 2.12. The van der Waals surface area contributed by atoms with Crippen LogP contribution in [-0.2, 0) is 0 Å². The van der Waals surface area contributed by atoms with Crippen LogP contribution in [0.1, 0.15) is 15.9 Å². The summed E-state index contributed by atoms with van der Waals surface area (Å²) in [5, 5.41) is 0. The maximum atomic E-state index is 13.6. The van der Waals surface area contributed by atoms with Crippen molar-refractivity contribution in [2.45, 2.75) is 0 Å². The number of allylic oxidation sites excluding steroid dienone is 1. The van der Waals surface area contributed by atoms with Crippen molar-refractivity contribution >= 4 is 17.5 Å². The van der Waals surface area contributed by atoms with Crippen molar-refractivity contribution in [3.8, 4) is 0 Å². The van der Waals surface area contributed by atoms with Crippen molar-refractivity contribution in [3.05, 3.63) is 71.3 Å². The van der Waals surface area contributed by atoms with E-state index >= 15 is 0 Å². The second kappa shape index (κ2) is 8.53. The number of hydrogen-bond donors (Lipinski definition) is 0. The molecule has 0 saturated carbocycles. The number of carbonyl (C=O) groups is 1. The summed E-state index contributed by atoms with van der Waals surface area (Å²) < 4.78 is 26.8. The predicted octanol–water partition coefficient (Wildman–Crippen LogP) is 3.86. The lowest BCUT2D eigenvalue weighted by Crippen LogP contribution is -2.28. The summed E-state index contributed by atoms with van der Waals surface area (Å²) in [4.78, 5) is 16.3. The maximum absolute atomic E-state index is 13.6. The van der Waals surface area contributed by atoms with Crippen LogP contribution in [0.3, 0.4) is 0 Å². The average Bonchev–Trinajstić information content (AvgIpc) is 2.59. The summed E-state index contributed by atoms with van der Waals surface area (Å²) in [6.45, 7) is 1.79. The van der Waals surface area contributed by atoms with E-state index in [2.05, 4.69) is 9.80 Å². The Morgan fingerprint density at radius 1 is 1.04 bits per heavy atom. The zero-order valence-electron chi connectivity index (χ0n) is 14.7. The van der Waals surface area contributed by atoms with Gasteiger partial charge in [-0.2, -0.15) is 0 Å². The molecule has 0 amide bonds. The van der Waals surface area contributed by atoms with Crippen LogP contribution in [0.25, 0.3) is 6.08 Å². The fraction of sp³-hybridized carbons (Fsp3) is 0.250. The molecule has 0 aromatic heterocycles. The molecule has 0 aliphatic carbocycles. The van der Waals surface area contributed by atoms with E-state index < -0.39 is 17.4 Å². The van der Waals surface area contributed by atoms with Crippen LogP contribution in [0, 0.1) is 11.6 Å². The topological polar surface area (TPSA) is 23.6 Å². The first kappa shape index (κ1) is 18.8. The van der Waals surface area contributed by atoms with Gasteiger partial charge in [0.1, 0.15) is 11.6 Å². The summed E-state index contributed by atoms with van der Waals surface area (Å²) in [5.74, 6) is -1.93. The number of carbonyl (C=O) groups excluding carboxylic acids is 1. The Kier molecular flexibility index (Phi) is 6.42. The molecule has 2 aromatic carbocycles. The molecule has 0 spiro atoms. The van der Waals surface area contributed by atoms with Gasteiger partial charge in [-0.05, 0) is 56.1 Å². The Hall–Kier alpha value is -2.53. The molecule has 0 aliphatic heterocycles. The van der Waals surface area contributed by atoms with Gasteiger partial charge in [-0.25, -0.2) is 8.78 Å². The third-order valence-corrected chi connectivity index (χ3v) is 3.81. The first-order valence-electron chi connectivity index (χ1n) is 8.00. The second-order valence-electron chi connectivity index (χ2n) is 6.14. The van der Waals surface area contributed by atoms with Crippen LogP contribution < -0.4 is 4.90 Å². The SMILES string of the molecule is CN(C)CCN(C)c1cccc(C=CC(=O)c2cc(F)ccc2F)c1. The number of anilines is 1. The maximum Gasteiger partial charge on any atom is 0.188 e. The van der Waals surface area contributed by atoms with E-state index in [0.29, 0.717) is 0 Å². The molecule has 0 radical (unpaired) electrons. The van der Waals surface area contributed by atoms with Gasteiger partial charge in [0.2, 0.25) is 0 Å². The van der Waals surface area contributed by atoms with Crippen LogP contribution in [0.5, 0.6) is 0 Å². The zero-order valence-corrected chi connectivity index (χ0v) is 14.7. The minimum absolute atomic E-state index is 0.268. The summed E-state index contributed by atoms with van der Waals surface area (Å²) in [7, 11) is 6.04. The van der Waals surface area contributed by atoms with Gasteiger partial charge in [0, 0.05) is 25.8 Å². The molecule has 3 nitrogen and oxygen atoms in total. The molecule has 0 unspecified atom stereocenters. The molecule has 0 saturated heterocycles. The largest absolute Gasteiger partial charge is 0.373 e. The highest BCUT2D eigenvalue weighted by atomic mass is 19.1. The highest BCUT2D eigenvalue weighted by molar-refractivity contribution is 6.07. The molecule has 2 rings (SSSR count). The molecular weight excluding hydrogens is 322 g/mol. The average molecular weight is 344 g/mol. The fourth-order valence-electron chi connectivity index (χ4n) is 2.29. The van der Waals surface area contributed by atoms with Gasteiger partial charge in [-0.15, -0.1) is 0 Å². The van der Waals surface area contributed by atoms with Gasteiger partial charge in [-0.3, -0.25) is 4.79 Å². The minimum atomic E-state index is -0.729. The van der Waals surface area contributed by atoms with Crippen molar-refractivity contribution in [1.82, 2.24) is 4.90 Å². The van der Waals surface area contributed by atoms with E-state index in [1.165, 1.54) is 6.08 Å². The van der Waals surface area contributed by atoms with Gasteiger partial charge in [0.25, 0.3) is 0 Å². The Morgan fingerprint density at radius 2 is 1.80 bits per heavy atom. The lowest BCUT2D eigenvalue weighted by atomic mass is 10.1. The predicted molar refractivity (Wildman–Crippen MR) is 98.0 cm³/mol. The van der Waals surface area contributed by atoms with E-state index in [1.807, 2.05) is 45.4 Å². The van der Waals surface area contributed by atoms with Crippen molar-refractivity contribution in [1.29, 1.82) is 0 Å². The standard InChI is InChI=1S/C20H22F2N2O/c1-23(2)11-12-24(3)17-6-4-5-15(13-17)7-10-20(25)18-14-16(21)8-9-19(18)22/h4-10,13-14H,11-12H2,1-3H3.